The second-order valence-corrected chi connectivity index (χ2v) is 5.80. The summed E-state index contributed by atoms with van der Waals surface area (Å²) in [5.41, 5.74) is 0.267. The Kier molecular flexibility index (Phi) is 3.27. The van der Waals surface area contributed by atoms with E-state index >= 15 is 0 Å². The van der Waals surface area contributed by atoms with Crippen LogP contribution in [-0.4, -0.2) is 34.6 Å². The van der Waals surface area contributed by atoms with Crippen LogP contribution >= 0.6 is 0 Å². The SMILES string of the molecule is CC1NC(C)C(C)N(C(C)(C)C)C1C. The van der Waals surface area contributed by atoms with Gasteiger partial charge in [-0.3, -0.25) is 4.90 Å². The van der Waals surface area contributed by atoms with Gasteiger partial charge in [0.1, 0.15) is 0 Å². The van der Waals surface area contributed by atoms with Crippen LogP contribution in [0.5, 0.6) is 0 Å². The summed E-state index contributed by atoms with van der Waals surface area (Å²) >= 11 is 0. The standard InChI is InChI=1S/C12H26N2/c1-8-10(3)14(12(5,6)7)11(4)9(2)13-8/h8-11,13H,1-7H3. The van der Waals surface area contributed by atoms with Crippen molar-refractivity contribution in [3.63, 3.8) is 0 Å². The highest BCUT2D eigenvalue weighted by Gasteiger charge is 2.39. The molecule has 1 fully saturated rings. The predicted octanol–water partition coefficient (Wildman–Crippen LogP) is 2.24. The first-order chi connectivity index (χ1) is 6.25. The molecule has 14 heavy (non-hydrogen) atoms. The van der Waals surface area contributed by atoms with Crippen LogP contribution in [-0.2, 0) is 0 Å². The van der Waals surface area contributed by atoms with Crippen LogP contribution in [0.15, 0.2) is 0 Å². The van der Waals surface area contributed by atoms with E-state index in [4.69, 9.17) is 0 Å². The Morgan fingerprint density at radius 1 is 0.857 bits per heavy atom. The molecule has 1 rings (SSSR count). The zero-order valence-corrected chi connectivity index (χ0v) is 10.8. The molecular formula is C12H26N2. The highest BCUT2D eigenvalue weighted by atomic mass is 15.3. The topological polar surface area (TPSA) is 15.3 Å². The van der Waals surface area contributed by atoms with Crippen molar-refractivity contribution in [3.8, 4) is 0 Å². The molecular weight excluding hydrogens is 172 g/mol. The molecule has 0 aromatic rings. The Balaban J connectivity index is 2.88. The van der Waals surface area contributed by atoms with E-state index in [0.29, 0.717) is 24.2 Å². The van der Waals surface area contributed by atoms with Gasteiger partial charge >= 0.3 is 0 Å². The largest absolute Gasteiger partial charge is 0.309 e. The van der Waals surface area contributed by atoms with Gasteiger partial charge in [0.05, 0.1) is 0 Å². The van der Waals surface area contributed by atoms with E-state index in [1.165, 1.54) is 0 Å². The number of piperazine rings is 1. The van der Waals surface area contributed by atoms with Crippen LogP contribution in [0.2, 0.25) is 0 Å². The van der Waals surface area contributed by atoms with Crippen molar-refractivity contribution in [1.29, 1.82) is 0 Å². The summed E-state index contributed by atoms with van der Waals surface area (Å²) in [6.45, 7) is 16.1. The third-order valence-corrected chi connectivity index (χ3v) is 3.63. The second kappa shape index (κ2) is 3.82. The van der Waals surface area contributed by atoms with Crippen LogP contribution in [0.3, 0.4) is 0 Å². The lowest BCUT2D eigenvalue weighted by Crippen LogP contribution is -2.68. The number of hydrogen-bond donors (Lipinski definition) is 1. The molecule has 1 N–H and O–H groups in total. The van der Waals surface area contributed by atoms with Crippen molar-refractivity contribution in [3.05, 3.63) is 0 Å². The van der Waals surface area contributed by atoms with Crippen molar-refractivity contribution in [2.45, 2.75) is 78.2 Å². The molecule has 84 valence electrons. The quantitative estimate of drug-likeness (QED) is 0.642. The van der Waals surface area contributed by atoms with E-state index < -0.39 is 0 Å². The molecule has 1 aliphatic heterocycles. The number of nitrogens with zero attached hydrogens (tertiary/aromatic N) is 1. The zero-order chi connectivity index (χ0) is 11.1. The molecule has 0 aromatic carbocycles. The van der Waals surface area contributed by atoms with Crippen LogP contribution < -0.4 is 5.32 Å². The van der Waals surface area contributed by atoms with E-state index in [9.17, 15) is 0 Å². The van der Waals surface area contributed by atoms with E-state index in [1.807, 2.05) is 0 Å². The molecule has 0 saturated carbocycles. The lowest BCUT2D eigenvalue weighted by atomic mass is 9.91. The normalized spacial score (nSPS) is 41.4. The monoisotopic (exact) mass is 198 g/mol. The fraction of sp³-hybridized carbons (Fsp3) is 1.00. The fourth-order valence-electron chi connectivity index (χ4n) is 2.77. The zero-order valence-electron chi connectivity index (χ0n) is 10.8. The average molecular weight is 198 g/mol. The van der Waals surface area contributed by atoms with Crippen molar-refractivity contribution in [1.82, 2.24) is 10.2 Å². The smallest absolute Gasteiger partial charge is 0.0227 e. The third-order valence-electron chi connectivity index (χ3n) is 3.63. The van der Waals surface area contributed by atoms with Gasteiger partial charge in [0.25, 0.3) is 0 Å². The summed E-state index contributed by atoms with van der Waals surface area (Å²) in [5.74, 6) is 0. The molecule has 4 atom stereocenters. The molecule has 0 amide bonds. The van der Waals surface area contributed by atoms with Gasteiger partial charge in [-0.25, -0.2) is 0 Å². The molecule has 0 aliphatic carbocycles. The minimum atomic E-state index is 0.267. The Morgan fingerprint density at radius 3 is 1.50 bits per heavy atom. The van der Waals surface area contributed by atoms with Crippen LogP contribution in [0, 0.1) is 0 Å². The first-order valence-corrected chi connectivity index (χ1v) is 5.79. The van der Waals surface area contributed by atoms with E-state index in [-0.39, 0.29) is 5.54 Å². The van der Waals surface area contributed by atoms with Crippen LogP contribution in [0.25, 0.3) is 0 Å². The molecule has 0 bridgehead atoms. The Hall–Kier alpha value is -0.0800. The van der Waals surface area contributed by atoms with Crippen LogP contribution in [0.1, 0.15) is 48.5 Å². The van der Waals surface area contributed by atoms with Gasteiger partial charge in [-0.15, -0.1) is 0 Å². The summed E-state index contributed by atoms with van der Waals surface area (Å²) in [6.07, 6.45) is 0. The maximum atomic E-state index is 3.64. The first-order valence-electron chi connectivity index (χ1n) is 5.79. The molecule has 0 radical (unpaired) electrons. The molecule has 2 nitrogen and oxygen atoms in total. The van der Waals surface area contributed by atoms with E-state index in [0.717, 1.165) is 0 Å². The van der Waals surface area contributed by atoms with Crippen molar-refractivity contribution in [2.24, 2.45) is 0 Å². The summed E-state index contributed by atoms with van der Waals surface area (Å²) < 4.78 is 0. The van der Waals surface area contributed by atoms with E-state index in [2.05, 4.69) is 58.7 Å². The maximum absolute atomic E-state index is 3.64. The molecule has 2 heteroatoms. The summed E-state index contributed by atoms with van der Waals surface area (Å²) in [4.78, 5) is 2.64. The molecule has 0 spiro atoms. The Morgan fingerprint density at radius 2 is 1.21 bits per heavy atom. The molecule has 4 unspecified atom stereocenters. The predicted molar refractivity (Wildman–Crippen MR) is 62.6 cm³/mol. The van der Waals surface area contributed by atoms with Gasteiger partial charge in [-0.05, 0) is 48.5 Å². The lowest BCUT2D eigenvalue weighted by molar-refractivity contribution is -0.0135. The van der Waals surface area contributed by atoms with Gasteiger partial charge in [0.15, 0.2) is 0 Å². The fourth-order valence-corrected chi connectivity index (χ4v) is 2.77. The number of nitrogens with one attached hydrogen (secondary N) is 1. The van der Waals surface area contributed by atoms with Gasteiger partial charge < -0.3 is 5.32 Å². The van der Waals surface area contributed by atoms with Crippen molar-refractivity contribution >= 4 is 0 Å². The minimum Gasteiger partial charge on any atom is -0.309 e. The lowest BCUT2D eigenvalue weighted by Gasteiger charge is -2.53. The Labute approximate surface area is 89.1 Å². The van der Waals surface area contributed by atoms with Crippen molar-refractivity contribution in [2.75, 3.05) is 0 Å². The molecule has 1 heterocycles. The maximum Gasteiger partial charge on any atom is 0.0227 e. The van der Waals surface area contributed by atoms with Gasteiger partial charge in [-0.2, -0.15) is 0 Å². The van der Waals surface area contributed by atoms with Crippen molar-refractivity contribution < 1.29 is 0 Å². The molecule has 0 aromatic heterocycles. The molecule has 1 aliphatic rings. The number of hydrogen-bond acceptors (Lipinski definition) is 2. The first kappa shape index (κ1) is 12.0. The summed E-state index contributed by atoms with van der Waals surface area (Å²) in [5, 5.41) is 3.64. The van der Waals surface area contributed by atoms with Gasteiger partial charge in [0, 0.05) is 29.7 Å². The molecule has 1 saturated heterocycles. The number of rotatable bonds is 0. The second-order valence-electron chi connectivity index (χ2n) is 5.80. The average Bonchev–Trinajstić information content (AvgIpc) is 1.98. The summed E-state index contributed by atoms with van der Waals surface area (Å²) in [6, 6.07) is 2.39. The Bertz CT molecular complexity index is 181. The van der Waals surface area contributed by atoms with E-state index in [1.54, 1.807) is 0 Å². The highest BCUT2D eigenvalue weighted by Crippen LogP contribution is 2.27. The van der Waals surface area contributed by atoms with Gasteiger partial charge in [0.2, 0.25) is 0 Å². The highest BCUT2D eigenvalue weighted by molar-refractivity contribution is 4.98. The summed E-state index contributed by atoms with van der Waals surface area (Å²) in [7, 11) is 0. The minimum absolute atomic E-state index is 0.267. The van der Waals surface area contributed by atoms with Crippen LogP contribution in [0.4, 0.5) is 0 Å². The third kappa shape index (κ3) is 2.12. The van der Waals surface area contributed by atoms with Gasteiger partial charge in [-0.1, -0.05) is 0 Å².